The number of carbonyl (C=O) groups is 2. The molecule has 2 unspecified atom stereocenters. The number of ether oxygens (including phenoxy) is 1. The second-order valence-electron chi connectivity index (χ2n) is 4.53. The molecule has 1 rings (SSSR count). The predicted octanol–water partition coefficient (Wildman–Crippen LogP) is -0.0180. The molecule has 1 saturated heterocycles. The Kier molecular flexibility index (Phi) is 6.67. The first-order valence-corrected chi connectivity index (χ1v) is 6.45. The van der Waals surface area contributed by atoms with E-state index in [0.29, 0.717) is 19.6 Å². The van der Waals surface area contributed by atoms with Crippen molar-refractivity contribution in [2.75, 3.05) is 26.2 Å². The second kappa shape index (κ2) is 8.05. The molecule has 104 valence electrons. The SMILES string of the molecule is CCCC(CNC(=O)CC1CNCCO1)C(=O)O. The number of carbonyl (C=O) groups excluding carboxylic acids is 1. The number of carboxylic acids is 1. The maximum Gasteiger partial charge on any atom is 0.308 e. The molecule has 0 aromatic carbocycles. The lowest BCUT2D eigenvalue weighted by atomic mass is 10.0. The molecule has 6 heteroatoms. The van der Waals surface area contributed by atoms with E-state index in [1.54, 1.807) is 0 Å². The first-order valence-electron chi connectivity index (χ1n) is 6.45. The van der Waals surface area contributed by atoms with E-state index in [2.05, 4.69) is 10.6 Å². The third kappa shape index (κ3) is 5.46. The second-order valence-corrected chi connectivity index (χ2v) is 4.53. The Labute approximate surface area is 107 Å². The van der Waals surface area contributed by atoms with E-state index in [4.69, 9.17) is 9.84 Å². The summed E-state index contributed by atoms with van der Waals surface area (Å²) in [6, 6.07) is 0. The van der Waals surface area contributed by atoms with Crippen LogP contribution in [0.4, 0.5) is 0 Å². The molecule has 18 heavy (non-hydrogen) atoms. The Hall–Kier alpha value is -1.14. The largest absolute Gasteiger partial charge is 0.481 e. The minimum absolute atomic E-state index is 0.104. The maximum absolute atomic E-state index is 11.6. The molecule has 0 radical (unpaired) electrons. The molecule has 1 amide bonds. The molecule has 1 heterocycles. The first-order chi connectivity index (χ1) is 8.63. The zero-order valence-electron chi connectivity index (χ0n) is 10.8. The van der Waals surface area contributed by atoms with Gasteiger partial charge in [-0.3, -0.25) is 9.59 Å². The fourth-order valence-corrected chi connectivity index (χ4v) is 1.93. The lowest BCUT2D eigenvalue weighted by Gasteiger charge is -2.23. The predicted molar refractivity (Wildman–Crippen MR) is 66.3 cm³/mol. The summed E-state index contributed by atoms with van der Waals surface area (Å²) in [5, 5.41) is 14.8. The van der Waals surface area contributed by atoms with E-state index < -0.39 is 11.9 Å². The zero-order chi connectivity index (χ0) is 13.4. The summed E-state index contributed by atoms with van der Waals surface area (Å²) >= 11 is 0. The van der Waals surface area contributed by atoms with E-state index in [1.807, 2.05) is 6.92 Å². The van der Waals surface area contributed by atoms with Crippen LogP contribution in [0.25, 0.3) is 0 Å². The molecule has 0 aliphatic carbocycles. The van der Waals surface area contributed by atoms with Crippen molar-refractivity contribution in [3.8, 4) is 0 Å². The molecular formula is C12H22N2O4. The van der Waals surface area contributed by atoms with Crippen molar-refractivity contribution in [1.29, 1.82) is 0 Å². The lowest BCUT2D eigenvalue weighted by molar-refractivity contribution is -0.142. The van der Waals surface area contributed by atoms with Gasteiger partial charge in [-0.05, 0) is 6.42 Å². The Morgan fingerprint density at radius 2 is 2.33 bits per heavy atom. The number of amides is 1. The van der Waals surface area contributed by atoms with Gasteiger partial charge >= 0.3 is 5.97 Å². The van der Waals surface area contributed by atoms with Crippen molar-refractivity contribution >= 4 is 11.9 Å². The first kappa shape index (κ1) is 14.9. The molecule has 0 spiro atoms. The normalized spacial score (nSPS) is 21.3. The number of morpholine rings is 1. The summed E-state index contributed by atoms with van der Waals surface area (Å²) in [7, 11) is 0. The Balaban J connectivity index is 2.24. The lowest BCUT2D eigenvalue weighted by Crippen LogP contribution is -2.42. The standard InChI is InChI=1S/C12H22N2O4/c1-2-3-9(12(16)17)7-14-11(15)6-10-8-13-4-5-18-10/h9-10,13H,2-8H2,1H3,(H,14,15)(H,16,17). The monoisotopic (exact) mass is 258 g/mol. The van der Waals surface area contributed by atoms with Crippen molar-refractivity contribution in [2.45, 2.75) is 32.3 Å². The number of rotatable bonds is 7. The highest BCUT2D eigenvalue weighted by Gasteiger charge is 2.20. The molecule has 1 fully saturated rings. The van der Waals surface area contributed by atoms with Crippen LogP contribution < -0.4 is 10.6 Å². The highest BCUT2D eigenvalue weighted by molar-refractivity contribution is 5.77. The number of aliphatic carboxylic acids is 1. The minimum Gasteiger partial charge on any atom is -0.481 e. The average Bonchev–Trinajstić information content (AvgIpc) is 2.35. The van der Waals surface area contributed by atoms with Crippen LogP contribution in [0, 0.1) is 5.92 Å². The van der Waals surface area contributed by atoms with Gasteiger partial charge in [0.25, 0.3) is 0 Å². The van der Waals surface area contributed by atoms with Gasteiger partial charge in [-0.1, -0.05) is 13.3 Å². The van der Waals surface area contributed by atoms with E-state index in [1.165, 1.54) is 0 Å². The van der Waals surface area contributed by atoms with E-state index in [9.17, 15) is 9.59 Å². The highest BCUT2D eigenvalue weighted by Crippen LogP contribution is 2.06. The number of carboxylic acid groups (broad SMARTS) is 1. The van der Waals surface area contributed by atoms with Crippen LogP contribution in [-0.4, -0.2) is 49.3 Å². The van der Waals surface area contributed by atoms with Gasteiger partial charge < -0.3 is 20.5 Å². The molecule has 0 aromatic heterocycles. The smallest absolute Gasteiger partial charge is 0.308 e. The van der Waals surface area contributed by atoms with E-state index in [-0.39, 0.29) is 25.0 Å². The van der Waals surface area contributed by atoms with E-state index in [0.717, 1.165) is 13.0 Å². The summed E-state index contributed by atoms with van der Waals surface area (Å²) in [5.41, 5.74) is 0. The Morgan fingerprint density at radius 3 is 2.89 bits per heavy atom. The van der Waals surface area contributed by atoms with Crippen LogP contribution >= 0.6 is 0 Å². The molecule has 0 bridgehead atoms. The summed E-state index contributed by atoms with van der Waals surface area (Å²) in [5.74, 6) is -1.50. The molecular weight excluding hydrogens is 236 g/mol. The van der Waals surface area contributed by atoms with Crippen LogP contribution in [0.2, 0.25) is 0 Å². The van der Waals surface area contributed by atoms with Crippen LogP contribution in [0.15, 0.2) is 0 Å². The molecule has 1 aliphatic heterocycles. The number of hydrogen-bond donors (Lipinski definition) is 3. The van der Waals surface area contributed by atoms with Gasteiger partial charge in [0.15, 0.2) is 0 Å². The third-order valence-corrected chi connectivity index (χ3v) is 2.95. The molecule has 0 saturated carbocycles. The zero-order valence-corrected chi connectivity index (χ0v) is 10.8. The third-order valence-electron chi connectivity index (χ3n) is 2.95. The summed E-state index contributed by atoms with van der Waals surface area (Å²) in [6.45, 7) is 4.23. The van der Waals surface area contributed by atoms with Gasteiger partial charge in [-0.15, -0.1) is 0 Å². The molecule has 2 atom stereocenters. The van der Waals surface area contributed by atoms with Gasteiger partial charge in [0, 0.05) is 19.6 Å². The van der Waals surface area contributed by atoms with Crippen molar-refractivity contribution in [1.82, 2.24) is 10.6 Å². The van der Waals surface area contributed by atoms with Crippen molar-refractivity contribution in [3.05, 3.63) is 0 Å². The number of nitrogens with one attached hydrogen (secondary N) is 2. The minimum atomic E-state index is -0.854. The highest BCUT2D eigenvalue weighted by atomic mass is 16.5. The average molecular weight is 258 g/mol. The van der Waals surface area contributed by atoms with Gasteiger partial charge in [0.05, 0.1) is 25.0 Å². The maximum atomic E-state index is 11.6. The van der Waals surface area contributed by atoms with Crippen molar-refractivity contribution in [2.24, 2.45) is 5.92 Å². The van der Waals surface area contributed by atoms with Crippen LogP contribution in [0.1, 0.15) is 26.2 Å². The summed E-state index contributed by atoms with van der Waals surface area (Å²) in [4.78, 5) is 22.5. The van der Waals surface area contributed by atoms with Crippen LogP contribution in [-0.2, 0) is 14.3 Å². The van der Waals surface area contributed by atoms with E-state index >= 15 is 0 Å². The van der Waals surface area contributed by atoms with Crippen LogP contribution in [0.3, 0.4) is 0 Å². The summed E-state index contributed by atoms with van der Waals surface area (Å²) < 4.78 is 5.41. The number of hydrogen-bond acceptors (Lipinski definition) is 4. The van der Waals surface area contributed by atoms with Gasteiger partial charge in [0.2, 0.25) is 5.91 Å². The summed E-state index contributed by atoms with van der Waals surface area (Å²) in [6.07, 6.45) is 1.55. The van der Waals surface area contributed by atoms with Gasteiger partial charge in [-0.25, -0.2) is 0 Å². The quantitative estimate of drug-likeness (QED) is 0.597. The van der Waals surface area contributed by atoms with Crippen LogP contribution in [0.5, 0.6) is 0 Å². The molecule has 6 nitrogen and oxygen atoms in total. The Bertz CT molecular complexity index is 277. The Morgan fingerprint density at radius 1 is 1.56 bits per heavy atom. The fraction of sp³-hybridized carbons (Fsp3) is 0.833. The van der Waals surface area contributed by atoms with Gasteiger partial charge in [0.1, 0.15) is 0 Å². The van der Waals surface area contributed by atoms with Gasteiger partial charge in [-0.2, -0.15) is 0 Å². The van der Waals surface area contributed by atoms with Crippen molar-refractivity contribution in [3.63, 3.8) is 0 Å². The topological polar surface area (TPSA) is 87.7 Å². The molecule has 1 aliphatic rings. The molecule has 3 N–H and O–H groups in total. The van der Waals surface area contributed by atoms with Crippen molar-refractivity contribution < 1.29 is 19.4 Å². The fourth-order valence-electron chi connectivity index (χ4n) is 1.93. The molecule has 0 aromatic rings.